The molecule has 5 rings (SSSR count). The van der Waals surface area contributed by atoms with Gasteiger partial charge >= 0.3 is 4.87 Å². The monoisotopic (exact) mass is 522 g/mol. The number of benzene rings is 2. The van der Waals surface area contributed by atoms with Crippen molar-refractivity contribution in [3.8, 4) is 23.1 Å². The van der Waals surface area contributed by atoms with E-state index in [9.17, 15) is 14.7 Å². The van der Waals surface area contributed by atoms with Crippen LogP contribution < -0.4 is 29.7 Å². The predicted molar refractivity (Wildman–Crippen MR) is 139 cm³/mol. The van der Waals surface area contributed by atoms with E-state index in [1.165, 1.54) is 0 Å². The van der Waals surface area contributed by atoms with E-state index in [0.29, 0.717) is 57.7 Å². The molecule has 0 unspecified atom stereocenters. The standard InChI is InChI=1S/C26H26N4O6S/c1-34-19-12-16(13-20(35-2)23(19)36-3)24-27-17-7-6-15(10-18(17)28-24)11-21-25(32)30(26(33)37-21)14-22(31)29-8-4-5-9-29/h6-7,10-13,32H,4-5,8-9,14H2,1-3H3/b15-11+. The topological polar surface area (TPSA) is 115 Å². The number of aliphatic imine (C=N–C) groups is 1. The van der Waals surface area contributed by atoms with Crippen LogP contribution in [0.2, 0.25) is 0 Å². The predicted octanol–water partition coefficient (Wildman–Crippen LogP) is 1.80. The molecule has 0 atom stereocenters. The summed E-state index contributed by atoms with van der Waals surface area (Å²) in [6.07, 6.45) is 3.62. The Kier molecular flexibility index (Phi) is 6.70. The van der Waals surface area contributed by atoms with Crippen LogP contribution in [0.5, 0.6) is 23.1 Å². The average molecular weight is 523 g/mol. The Morgan fingerprint density at radius 3 is 2.41 bits per heavy atom. The molecule has 192 valence electrons. The largest absolute Gasteiger partial charge is 0.493 e. The first kappa shape index (κ1) is 24.6. The van der Waals surface area contributed by atoms with E-state index < -0.39 is 0 Å². The number of amidine groups is 1. The van der Waals surface area contributed by atoms with Crippen LogP contribution in [0.15, 0.2) is 45.1 Å². The molecule has 0 spiro atoms. The molecule has 1 aromatic heterocycles. The van der Waals surface area contributed by atoms with Gasteiger partial charge in [0.05, 0.1) is 37.3 Å². The van der Waals surface area contributed by atoms with Gasteiger partial charge < -0.3 is 24.2 Å². The number of amides is 1. The molecule has 3 aromatic rings. The molecule has 37 heavy (non-hydrogen) atoms. The summed E-state index contributed by atoms with van der Waals surface area (Å²) in [5, 5.41) is 12.1. The highest BCUT2D eigenvalue weighted by Gasteiger charge is 2.22. The van der Waals surface area contributed by atoms with Crippen LogP contribution in [0, 0.1) is 0 Å². The van der Waals surface area contributed by atoms with Crippen LogP contribution in [0.1, 0.15) is 23.3 Å². The quantitative estimate of drug-likeness (QED) is 0.506. The van der Waals surface area contributed by atoms with Crippen LogP contribution in [0.25, 0.3) is 6.08 Å². The SMILES string of the molecule is COc1cc(C2=Nc3c/c(=C/c4sc(=O)n(CC(=O)N5CCCC5)c4O)ccc3=N2)cc(OC)c1OC. The molecular formula is C26H26N4O6S. The number of nitrogens with zero attached hydrogens (tertiary/aromatic N) is 4. The lowest BCUT2D eigenvalue weighted by Crippen LogP contribution is -2.33. The average Bonchev–Trinajstić information content (AvgIpc) is 3.64. The second-order valence-corrected chi connectivity index (χ2v) is 9.58. The maximum absolute atomic E-state index is 12.5. The summed E-state index contributed by atoms with van der Waals surface area (Å²) in [4.78, 5) is 36.0. The third kappa shape index (κ3) is 4.69. The smallest absolute Gasteiger partial charge is 0.311 e. The van der Waals surface area contributed by atoms with Gasteiger partial charge in [-0.3, -0.25) is 14.2 Å². The van der Waals surface area contributed by atoms with Gasteiger partial charge in [-0.1, -0.05) is 17.4 Å². The first-order chi connectivity index (χ1) is 17.9. The van der Waals surface area contributed by atoms with E-state index in [-0.39, 0.29) is 23.2 Å². The summed E-state index contributed by atoms with van der Waals surface area (Å²) in [6.45, 7) is 1.22. The van der Waals surface area contributed by atoms with Crippen molar-refractivity contribution in [3.63, 3.8) is 0 Å². The van der Waals surface area contributed by atoms with Crippen LogP contribution in [-0.4, -0.2) is 60.7 Å². The zero-order valence-electron chi connectivity index (χ0n) is 20.7. The summed E-state index contributed by atoms with van der Waals surface area (Å²) >= 11 is 0.895. The zero-order valence-corrected chi connectivity index (χ0v) is 21.5. The molecule has 1 fully saturated rings. The number of ether oxygens (including phenoxy) is 3. The summed E-state index contributed by atoms with van der Waals surface area (Å²) in [5.74, 6) is 1.59. The summed E-state index contributed by atoms with van der Waals surface area (Å²) in [5.41, 5.74) is 1.35. The number of carbonyl (C=O) groups is 1. The maximum Gasteiger partial charge on any atom is 0.311 e. The number of methoxy groups -OCH3 is 3. The minimum absolute atomic E-state index is 0.160. The first-order valence-electron chi connectivity index (χ1n) is 11.7. The minimum Gasteiger partial charge on any atom is -0.493 e. The van der Waals surface area contributed by atoms with Gasteiger partial charge in [0.25, 0.3) is 0 Å². The fourth-order valence-electron chi connectivity index (χ4n) is 4.41. The Bertz CT molecular complexity index is 1560. The van der Waals surface area contributed by atoms with Crippen LogP contribution in [0.4, 0.5) is 5.69 Å². The van der Waals surface area contributed by atoms with Crippen LogP contribution in [0.3, 0.4) is 0 Å². The molecule has 0 radical (unpaired) electrons. The molecule has 11 heteroatoms. The Balaban J connectivity index is 1.45. The Labute approximate surface area is 216 Å². The van der Waals surface area contributed by atoms with E-state index in [2.05, 4.69) is 9.98 Å². The van der Waals surface area contributed by atoms with Crippen molar-refractivity contribution in [3.05, 3.63) is 61.0 Å². The van der Waals surface area contributed by atoms with E-state index in [4.69, 9.17) is 14.2 Å². The lowest BCUT2D eigenvalue weighted by atomic mass is 10.1. The van der Waals surface area contributed by atoms with Crippen molar-refractivity contribution in [2.75, 3.05) is 34.4 Å². The zero-order chi connectivity index (χ0) is 26.1. The summed E-state index contributed by atoms with van der Waals surface area (Å²) in [7, 11) is 4.63. The maximum atomic E-state index is 12.5. The number of likely N-dealkylation sites (tertiary alicyclic amines) is 1. The fourth-order valence-corrected chi connectivity index (χ4v) is 5.25. The van der Waals surface area contributed by atoms with Crippen molar-refractivity contribution in [2.24, 2.45) is 9.98 Å². The molecule has 1 N–H and O–H groups in total. The number of hydrogen-bond acceptors (Lipinski definition) is 9. The van der Waals surface area contributed by atoms with Crippen molar-refractivity contribution in [2.45, 2.75) is 19.4 Å². The Morgan fingerprint density at radius 2 is 1.76 bits per heavy atom. The van der Waals surface area contributed by atoms with Gasteiger partial charge in [0.15, 0.2) is 17.3 Å². The highest BCUT2D eigenvalue weighted by atomic mass is 32.1. The number of rotatable bonds is 7. The first-order valence-corrected chi connectivity index (χ1v) is 12.5. The molecule has 1 saturated heterocycles. The van der Waals surface area contributed by atoms with Crippen LogP contribution >= 0.6 is 11.3 Å². The van der Waals surface area contributed by atoms with E-state index in [1.54, 1.807) is 44.4 Å². The Hall–Kier alpha value is -4.12. The molecule has 10 nitrogen and oxygen atoms in total. The normalized spacial score (nSPS) is 14.8. The Morgan fingerprint density at radius 1 is 1.05 bits per heavy atom. The van der Waals surface area contributed by atoms with Gasteiger partial charge in [-0.2, -0.15) is 0 Å². The molecule has 0 bridgehead atoms. The van der Waals surface area contributed by atoms with Crippen LogP contribution in [-0.2, 0) is 11.3 Å². The number of thiazole rings is 1. The third-order valence-corrected chi connectivity index (χ3v) is 7.23. The van der Waals surface area contributed by atoms with E-state index >= 15 is 0 Å². The molecule has 2 aromatic carbocycles. The second kappa shape index (κ2) is 10.1. The second-order valence-electron chi connectivity index (χ2n) is 8.58. The van der Waals surface area contributed by atoms with E-state index in [0.717, 1.165) is 34.0 Å². The van der Waals surface area contributed by atoms with Gasteiger partial charge in [0.2, 0.25) is 17.5 Å². The van der Waals surface area contributed by atoms with E-state index in [1.807, 2.05) is 18.2 Å². The molecule has 0 aliphatic carbocycles. The van der Waals surface area contributed by atoms with Crippen molar-refractivity contribution in [1.82, 2.24) is 9.47 Å². The minimum atomic E-state index is -0.379. The van der Waals surface area contributed by atoms with Gasteiger partial charge in [0.1, 0.15) is 6.54 Å². The third-order valence-electron chi connectivity index (χ3n) is 6.32. The molecule has 3 heterocycles. The summed E-state index contributed by atoms with van der Waals surface area (Å²) in [6, 6.07) is 9.05. The highest BCUT2D eigenvalue weighted by Crippen LogP contribution is 2.38. The molecule has 2 aliphatic heterocycles. The number of fused-ring (bicyclic) bond motifs is 1. The molecule has 1 amide bonds. The highest BCUT2D eigenvalue weighted by molar-refractivity contribution is 7.10. The number of carbonyl (C=O) groups excluding carboxylic acids is 1. The summed E-state index contributed by atoms with van der Waals surface area (Å²) < 4.78 is 17.4. The molecular weight excluding hydrogens is 496 g/mol. The molecule has 2 aliphatic rings. The lowest BCUT2D eigenvalue weighted by molar-refractivity contribution is -0.130. The molecule has 0 saturated carbocycles. The van der Waals surface area contributed by atoms with Gasteiger partial charge in [0, 0.05) is 18.7 Å². The van der Waals surface area contributed by atoms with Gasteiger partial charge in [-0.05, 0) is 48.4 Å². The van der Waals surface area contributed by atoms with Crippen molar-refractivity contribution >= 4 is 34.8 Å². The van der Waals surface area contributed by atoms with Gasteiger partial charge in [-0.25, -0.2) is 9.98 Å². The van der Waals surface area contributed by atoms with Crippen molar-refractivity contribution in [1.29, 1.82) is 0 Å². The fraction of sp³-hybridized carbons (Fsp3) is 0.308. The number of aromatic hydroxyl groups is 1. The number of hydrogen-bond donors (Lipinski definition) is 1. The van der Waals surface area contributed by atoms with Gasteiger partial charge in [-0.15, -0.1) is 0 Å². The lowest BCUT2D eigenvalue weighted by Gasteiger charge is -2.15. The number of aromatic nitrogens is 1. The van der Waals surface area contributed by atoms with Crippen molar-refractivity contribution < 1.29 is 24.1 Å².